The van der Waals surface area contributed by atoms with E-state index in [1.807, 2.05) is 6.07 Å². The van der Waals surface area contributed by atoms with Crippen LogP contribution in [0.2, 0.25) is 0 Å². The van der Waals surface area contributed by atoms with Gasteiger partial charge in [-0.25, -0.2) is 4.39 Å². The molecule has 0 saturated heterocycles. The molecule has 1 aromatic carbocycles. The summed E-state index contributed by atoms with van der Waals surface area (Å²) >= 11 is 3.15. The first-order chi connectivity index (χ1) is 8.19. The van der Waals surface area contributed by atoms with Crippen LogP contribution >= 0.6 is 15.9 Å². The van der Waals surface area contributed by atoms with E-state index in [1.165, 1.54) is 6.07 Å². The van der Waals surface area contributed by atoms with Gasteiger partial charge in [0.05, 0.1) is 10.6 Å². The van der Waals surface area contributed by atoms with Crippen molar-refractivity contribution in [1.29, 1.82) is 0 Å². The quantitative estimate of drug-likeness (QED) is 0.912. The summed E-state index contributed by atoms with van der Waals surface area (Å²) in [6, 6.07) is 5.60. The highest BCUT2D eigenvalue weighted by atomic mass is 79.9. The van der Waals surface area contributed by atoms with Gasteiger partial charge in [0.25, 0.3) is 0 Å². The molecule has 1 aromatic rings. The van der Waals surface area contributed by atoms with Crippen LogP contribution in [0.15, 0.2) is 22.7 Å². The van der Waals surface area contributed by atoms with Gasteiger partial charge in [0.1, 0.15) is 5.82 Å². The molecule has 0 heterocycles. The molecule has 0 atom stereocenters. The zero-order valence-corrected chi connectivity index (χ0v) is 11.5. The van der Waals surface area contributed by atoms with Crippen LogP contribution in [0.5, 0.6) is 0 Å². The predicted molar refractivity (Wildman–Crippen MR) is 70.8 cm³/mol. The minimum Gasteiger partial charge on any atom is -0.382 e. The van der Waals surface area contributed by atoms with Crippen molar-refractivity contribution < 1.29 is 9.13 Å². The Kier molecular flexibility index (Phi) is 4.40. The van der Waals surface area contributed by atoms with E-state index < -0.39 is 0 Å². The van der Waals surface area contributed by atoms with Gasteiger partial charge < -0.3 is 10.1 Å². The molecule has 0 spiro atoms. The number of benzene rings is 1. The Labute approximate surface area is 110 Å². The highest BCUT2D eigenvalue weighted by Crippen LogP contribution is 2.25. The number of hydrogen-bond acceptors (Lipinski definition) is 2. The molecule has 1 aliphatic rings. The second-order valence-electron chi connectivity index (χ2n) is 4.48. The largest absolute Gasteiger partial charge is 0.382 e. The van der Waals surface area contributed by atoms with Crippen LogP contribution in [-0.4, -0.2) is 19.3 Å². The summed E-state index contributed by atoms with van der Waals surface area (Å²) in [5.74, 6) is -0.222. The lowest BCUT2D eigenvalue weighted by molar-refractivity contribution is 0.0682. The van der Waals surface area contributed by atoms with E-state index in [9.17, 15) is 4.39 Å². The van der Waals surface area contributed by atoms with Gasteiger partial charge >= 0.3 is 0 Å². The van der Waals surface area contributed by atoms with Crippen molar-refractivity contribution in [3.05, 3.63) is 28.5 Å². The molecular formula is C13H17BrFNO. The normalized spacial score (nSPS) is 24.6. The predicted octanol–water partition coefficient (Wildman–Crippen LogP) is 3.96. The highest BCUT2D eigenvalue weighted by Gasteiger charge is 2.20. The molecule has 0 aromatic heterocycles. The van der Waals surface area contributed by atoms with E-state index in [0.29, 0.717) is 16.6 Å². The minimum absolute atomic E-state index is 0.222. The van der Waals surface area contributed by atoms with Crippen molar-refractivity contribution >= 4 is 21.6 Å². The van der Waals surface area contributed by atoms with Gasteiger partial charge in [-0.2, -0.15) is 0 Å². The summed E-state index contributed by atoms with van der Waals surface area (Å²) in [4.78, 5) is 0. The smallest absolute Gasteiger partial charge is 0.139 e. The average Bonchev–Trinajstić information content (AvgIpc) is 2.35. The van der Waals surface area contributed by atoms with Gasteiger partial charge in [-0.1, -0.05) is 0 Å². The average molecular weight is 302 g/mol. The van der Waals surface area contributed by atoms with Gasteiger partial charge in [-0.3, -0.25) is 0 Å². The zero-order valence-electron chi connectivity index (χ0n) is 9.88. The summed E-state index contributed by atoms with van der Waals surface area (Å²) < 4.78 is 19.2. The van der Waals surface area contributed by atoms with Crippen LogP contribution in [0.4, 0.5) is 10.1 Å². The monoisotopic (exact) mass is 301 g/mol. The number of rotatable bonds is 3. The Hall–Kier alpha value is -0.610. The lowest BCUT2D eigenvalue weighted by Gasteiger charge is -2.28. The Morgan fingerprint density at radius 2 is 2.00 bits per heavy atom. The first-order valence-electron chi connectivity index (χ1n) is 5.93. The van der Waals surface area contributed by atoms with Crippen molar-refractivity contribution in [3.63, 3.8) is 0 Å². The van der Waals surface area contributed by atoms with E-state index in [2.05, 4.69) is 21.2 Å². The van der Waals surface area contributed by atoms with Crippen LogP contribution in [0.1, 0.15) is 25.7 Å². The molecule has 1 saturated carbocycles. The third-order valence-corrected chi connectivity index (χ3v) is 3.94. The molecule has 0 bridgehead atoms. The SMILES string of the molecule is COC1CCC(Nc2ccc(Br)c(F)c2)CC1. The van der Waals surface area contributed by atoms with Gasteiger partial charge in [-0.15, -0.1) is 0 Å². The molecule has 94 valence electrons. The Morgan fingerprint density at radius 1 is 1.29 bits per heavy atom. The molecule has 0 radical (unpaired) electrons. The first kappa shape index (κ1) is 12.8. The lowest BCUT2D eigenvalue weighted by atomic mass is 9.93. The van der Waals surface area contributed by atoms with Crippen molar-refractivity contribution in [1.82, 2.24) is 0 Å². The van der Waals surface area contributed by atoms with Crippen LogP contribution in [0.25, 0.3) is 0 Å². The molecule has 17 heavy (non-hydrogen) atoms. The fourth-order valence-corrected chi connectivity index (χ4v) is 2.51. The van der Waals surface area contributed by atoms with E-state index in [1.54, 1.807) is 13.2 Å². The van der Waals surface area contributed by atoms with Crippen molar-refractivity contribution in [2.75, 3.05) is 12.4 Å². The molecule has 1 N–H and O–H groups in total. The van der Waals surface area contributed by atoms with Gasteiger partial charge in [0.15, 0.2) is 0 Å². The maximum Gasteiger partial charge on any atom is 0.139 e. The van der Waals surface area contributed by atoms with E-state index in [-0.39, 0.29) is 5.82 Å². The molecule has 1 aliphatic carbocycles. The van der Waals surface area contributed by atoms with Crippen LogP contribution in [-0.2, 0) is 4.74 Å². The third-order valence-electron chi connectivity index (χ3n) is 3.30. The number of methoxy groups -OCH3 is 1. The molecule has 4 heteroatoms. The number of hydrogen-bond donors (Lipinski definition) is 1. The second-order valence-corrected chi connectivity index (χ2v) is 5.34. The Bertz CT molecular complexity index is 378. The fourth-order valence-electron chi connectivity index (χ4n) is 2.26. The van der Waals surface area contributed by atoms with Crippen LogP contribution in [0, 0.1) is 5.82 Å². The molecular weight excluding hydrogens is 285 g/mol. The fraction of sp³-hybridized carbons (Fsp3) is 0.538. The molecule has 0 unspecified atom stereocenters. The standard InChI is InChI=1S/C13H17BrFNO/c1-17-11-5-2-9(3-6-11)16-10-4-7-12(14)13(15)8-10/h4,7-9,11,16H,2-3,5-6H2,1H3. The number of ether oxygens (including phenoxy) is 1. The highest BCUT2D eigenvalue weighted by molar-refractivity contribution is 9.10. The van der Waals surface area contributed by atoms with E-state index in [4.69, 9.17) is 4.74 Å². The Morgan fingerprint density at radius 3 is 2.59 bits per heavy atom. The van der Waals surface area contributed by atoms with Crippen molar-refractivity contribution in [2.45, 2.75) is 37.8 Å². The lowest BCUT2D eigenvalue weighted by Crippen LogP contribution is -2.29. The van der Waals surface area contributed by atoms with Crippen molar-refractivity contribution in [2.24, 2.45) is 0 Å². The number of anilines is 1. The Balaban J connectivity index is 1.91. The number of halogens is 2. The summed E-state index contributed by atoms with van der Waals surface area (Å²) in [7, 11) is 1.77. The third kappa shape index (κ3) is 3.42. The topological polar surface area (TPSA) is 21.3 Å². The maximum absolute atomic E-state index is 13.3. The first-order valence-corrected chi connectivity index (χ1v) is 6.72. The van der Waals surface area contributed by atoms with E-state index in [0.717, 1.165) is 31.4 Å². The zero-order chi connectivity index (χ0) is 12.3. The molecule has 1 fully saturated rings. The van der Waals surface area contributed by atoms with E-state index >= 15 is 0 Å². The molecule has 0 amide bonds. The molecule has 2 rings (SSSR count). The summed E-state index contributed by atoms with van der Waals surface area (Å²) in [6.45, 7) is 0. The van der Waals surface area contributed by atoms with Crippen LogP contribution in [0.3, 0.4) is 0 Å². The van der Waals surface area contributed by atoms with Gasteiger partial charge in [-0.05, 0) is 59.8 Å². The summed E-state index contributed by atoms with van der Waals surface area (Å²) in [5, 5.41) is 3.38. The second kappa shape index (κ2) is 5.83. The molecule has 2 nitrogen and oxygen atoms in total. The molecule has 0 aliphatic heterocycles. The number of nitrogens with one attached hydrogen (secondary N) is 1. The summed E-state index contributed by atoms with van der Waals surface area (Å²) in [6.07, 6.45) is 4.71. The summed E-state index contributed by atoms with van der Waals surface area (Å²) in [5.41, 5.74) is 0.853. The van der Waals surface area contributed by atoms with Crippen molar-refractivity contribution in [3.8, 4) is 0 Å². The minimum atomic E-state index is -0.222. The maximum atomic E-state index is 13.3. The van der Waals surface area contributed by atoms with Gasteiger partial charge in [0, 0.05) is 18.8 Å². The van der Waals surface area contributed by atoms with Crippen LogP contribution < -0.4 is 5.32 Å². The van der Waals surface area contributed by atoms with Gasteiger partial charge in [0.2, 0.25) is 0 Å².